The van der Waals surface area contributed by atoms with Crippen molar-refractivity contribution in [1.82, 2.24) is 10.3 Å². The monoisotopic (exact) mass is 243 g/mol. The molecule has 88 valence electrons. The van der Waals surface area contributed by atoms with E-state index in [-0.39, 0.29) is 11.9 Å². The van der Waals surface area contributed by atoms with Crippen LogP contribution in [0.3, 0.4) is 0 Å². The molecule has 2 heterocycles. The zero-order chi connectivity index (χ0) is 11.4. The van der Waals surface area contributed by atoms with E-state index in [0.717, 1.165) is 25.9 Å². The average molecular weight is 244 g/mol. The van der Waals surface area contributed by atoms with Crippen LogP contribution in [0.5, 0.6) is 0 Å². The Labute approximate surface area is 99.4 Å². The molecule has 1 aromatic rings. The molecule has 0 radical (unpaired) electrons. The number of pyridine rings is 1. The van der Waals surface area contributed by atoms with Gasteiger partial charge in [-0.1, -0.05) is 18.0 Å². The molecule has 1 fully saturated rings. The lowest BCUT2D eigenvalue weighted by atomic mass is 10.1. The van der Waals surface area contributed by atoms with Gasteiger partial charge in [-0.3, -0.25) is 0 Å². The maximum Gasteiger partial charge on any atom is 0.166 e. The molecule has 0 bridgehead atoms. The molecular formula is C11H15ClFN3. The average Bonchev–Trinajstić information content (AvgIpc) is 2.51. The highest BCUT2D eigenvalue weighted by atomic mass is 35.5. The third kappa shape index (κ3) is 3.06. The van der Waals surface area contributed by atoms with Gasteiger partial charge < -0.3 is 10.6 Å². The van der Waals surface area contributed by atoms with E-state index in [1.807, 2.05) is 0 Å². The lowest BCUT2D eigenvalue weighted by Crippen LogP contribution is -2.31. The zero-order valence-corrected chi connectivity index (χ0v) is 9.73. The summed E-state index contributed by atoms with van der Waals surface area (Å²) in [6.07, 6.45) is 4.82. The summed E-state index contributed by atoms with van der Waals surface area (Å²) in [5.74, 6) is -0.102. The summed E-state index contributed by atoms with van der Waals surface area (Å²) in [6.45, 7) is 1.89. The highest BCUT2D eigenvalue weighted by molar-refractivity contribution is 6.30. The molecule has 1 saturated heterocycles. The number of hydrogen-bond acceptors (Lipinski definition) is 3. The second-order valence-electron chi connectivity index (χ2n) is 4.03. The van der Waals surface area contributed by atoms with E-state index in [1.165, 1.54) is 18.7 Å². The minimum atomic E-state index is -0.392. The Kier molecular flexibility index (Phi) is 3.96. The van der Waals surface area contributed by atoms with Gasteiger partial charge in [-0.2, -0.15) is 0 Å². The number of aromatic nitrogens is 1. The third-order valence-electron chi connectivity index (χ3n) is 2.70. The minimum absolute atomic E-state index is 0.241. The Hall–Kier alpha value is -0.870. The Morgan fingerprint density at radius 1 is 1.50 bits per heavy atom. The highest BCUT2D eigenvalue weighted by Gasteiger charge is 2.14. The van der Waals surface area contributed by atoms with Gasteiger partial charge in [0.25, 0.3) is 0 Å². The van der Waals surface area contributed by atoms with Crippen LogP contribution in [-0.4, -0.2) is 24.1 Å². The fraction of sp³-hybridized carbons (Fsp3) is 0.545. The summed E-state index contributed by atoms with van der Waals surface area (Å²) in [5, 5.41) is 6.74. The van der Waals surface area contributed by atoms with Crippen LogP contribution in [0.25, 0.3) is 0 Å². The van der Waals surface area contributed by atoms with Crippen LogP contribution < -0.4 is 10.6 Å². The molecule has 3 nitrogen and oxygen atoms in total. The predicted octanol–water partition coefficient (Wildman–Crippen LogP) is 2.43. The summed E-state index contributed by atoms with van der Waals surface area (Å²) in [7, 11) is 0. The quantitative estimate of drug-likeness (QED) is 0.838. The Morgan fingerprint density at radius 3 is 3.19 bits per heavy atom. The molecule has 0 saturated carbocycles. The Balaban J connectivity index is 2.01. The molecule has 2 N–H and O–H groups in total. The topological polar surface area (TPSA) is 37.0 Å². The van der Waals surface area contributed by atoms with Crippen molar-refractivity contribution in [2.75, 3.05) is 18.4 Å². The van der Waals surface area contributed by atoms with Gasteiger partial charge >= 0.3 is 0 Å². The second kappa shape index (κ2) is 5.46. The first-order valence-corrected chi connectivity index (χ1v) is 5.92. The molecular weight excluding hydrogens is 229 g/mol. The predicted molar refractivity (Wildman–Crippen MR) is 63.3 cm³/mol. The van der Waals surface area contributed by atoms with Gasteiger partial charge in [-0.05, 0) is 25.5 Å². The number of nitrogens with one attached hydrogen (secondary N) is 2. The Morgan fingerprint density at radius 2 is 2.38 bits per heavy atom. The van der Waals surface area contributed by atoms with Gasteiger partial charge in [0, 0.05) is 18.8 Å². The molecule has 16 heavy (non-hydrogen) atoms. The summed E-state index contributed by atoms with van der Waals surface area (Å²) in [6, 6.07) is 1.52. The van der Waals surface area contributed by atoms with Gasteiger partial charge in [0.1, 0.15) is 0 Å². The number of halogens is 2. The number of hydrogen-bond donors (Lipinski definition) is 2. The lowest BCUT2D eigenvalue weighted by molar-refractivity contribution is 0.599. The molecule has 1 atom stereocenters. The van der Waals surface area contributed by atoms with Crippen molar-refractivity contribution in [3.8, 4) is 0 Å². The minimum Gasteiger partial charge on any atom is -0.364 e. The zero-order valence-electron chi connectivity index (χ0n) is 8.97. The van der Waals surface area contributed by atoms with E-state index < -0.39 is 5.82 Å². The molecule has 0 spiro atoms. The standard InChI is InChI=1S/C11H15ClFN3/c12-8-5-10(13)11(15-6-8)16-9-3-1-2-4-14-7-9/h5-6,9,14H,1-4,7H2,(H,15,16). The van der Waals surface area contributed by atoms with Crippen molar-refractivity contribution < 1.29 is 4.39 Å². The molecule has 1 unspecified atom stereocenters. The molecule has 1 aliphatic heterocycles. The number of rotatable bonds is 2. The van der Waals surface area contributed by atoms with Crippen LogP contribution in [0.15, 0.2) is 12.3 Å². The van der Waals surface area contributed by atoms with Crippen LogP contribution in [0.4, 0.5) is 10.2 Å². The maximum absolute atomic E-state index is 13.5. The maximum atomic E-state index is 13.5. The van der Waals surface area contributed by atoms with Crippen LogP contribution in [0.2, 0.25) is 5.02 Å². The Bertz CT molecular complexity index is 351. The number of nitrogens with zero attached hydrogens (tertiary/aromatic N) is 1. The smallest absolute Gasteiger partial charge is 0.166 e. The first kappa shape index (κ1) is 11.6. The second-order valence-corrected chi connectivity index (χ2v) is 4.46. The van der Waals surface area contributed by atoms with Gasteiger partial charge in [0.15, 0.2) is 11.6 Å². The van der Waals surface area contributed by atoms with E-state index >= 15 is 0 Å². The van der Waals surface area contributed by atoms with Crippen LogP contribution in [-0.2, 0) is 0 Å². The van der Waals surface area contributed by atoms with E-state index in [4.69, 9.17) is 11.6 Å². The van der Waals surface area contributed by atoms with Gasteiger partial charge in [-0.25, -0.2) is 9.37 Å². The fourth-order valence-corrected chi connectivity index (χ4v) is 2.00. The van der Waals surface area contributed by atoms with Gasteiger partial charge in [0.05, 0.1) is 5.02 Å². The fourth-order valence-electron chi connectivity index (χ4n) is 1.86. The van der Waals surface area contributed by atoms with Crippen molar-refractivity contribution in [3.05, 3.63) is 23.1 Å². The van der Waals surface area contributed by atoms with Crippen molar-refractivity contribution in [3.63, 3.8) is 0 Å². The van der Waals surface area contributed by atoms with Crippen molar-refractivity contribution in [2.24, 2.45) is 0 Å². The largest absolute Gasteiger partial charge is 0.364 e. The van der Waals surface area contributed by atoms with E-state index in [1.54, 1.807) is 0 Å². The van der Waals surface area contributed by atoms with E-state index in [2.05, 4.69) is 15.6 Å². The summed E-state index contributed by atoms with van der Waals surface area (Å²) in [4.78, 5) is 3.96. The van der Waals surface area contributed by atoms with E-state index in [9.17, 15) is 4.39 Å². The molecule has 1 aromatic heterocycles. The van der Waals surface area contributed by atoms with Crippen molar-refractivity contribution in [1.29, 1.82) is 0 Å². The molecule has 1 aliphatic rings. The van der Waals surface area contributed by atoms with Crippen molar-refractivity contribution >= 4 is 17.4 Å². The first-order chi connectivity index (χ1) is 7.75. The number of anilines is 1. The molecule has 0 amide bonds. The van der Waals surface area contributed by atoms with Crippen LogP contribution in [0.1, 0.15) is 19.3 Å². The van der Waals surface area contributed by atoms with Crippen LogP contribution in [0, 0.1) is 5.82 Å². The van der Waals surface area contributed by atoms with Gasteiger partial charge in [-0.15, -0.1) is 0 Å². The third-order valence-corrected chi connectivity index (χ3v) is 2.90. The summed E-state index contributed by atoms with van der Waals surface area (Å²) >= 11 is 5.64. The molecule has 2 rings (SSSR count). The summed E-state index contributed by atoms with van der Waals surface area (Å²) < 4.78 is 13.5. The molecule has 5 heteroatoms. The molecule has 0 aromatic carbocycles. The summed E-state index contributed by atoms with van der Waals surface area (Å²) in [5.41, 5.74) is 0. The van der Waals surface area contributed by atoms with E-state index in [0.29, 0.717) is 5.02 Å². The SMILES string of the molecule is Fc1cc(Cl)cnc1NC1CCCCNC1. The molecule has 0 aliphatic carbocycles. The normalized spacial score (nSPS) is 21.5. The van der Waals surface area contributed by atoms with Gasteiger partial charge in [0.2, 0.25) is 0 Å². The highest BCUT2D eigenvalue weighted by Crippen LogP contribution is 2.17. The first-order valence-electron chi connectivity index (χ1n) is 5.54. The lowest BCUT2D eigenvalue weighted by Gasteiger charge is -2.17. The van der Waals surface area contributed by atoms with Crippen LogP contribution >= 0.6 is 11.6 Å². The van der Waals surface area contributed by atoms with Crippen molar-refractivity contribution in [2.45, 2.75) is 25.3 Å².